The van der Waals surface area contributed by atoms with Crippen LogP contribution in [0.15, 0.2) is 24.3 Å². The van der Waals surface area contributed by atoms with Gasteiger partial charge in [-0.3, -0.25) is 14.9 Å². The lowest BCUT2D eigenvalue weighted by molar-refractivity contribution is -0.131. The van der Waals surface area contributed by atoms with Crippen LogP contribution in [-0.4, -0.2) is 23.3 Å². The Morgan fingerprint density at radius 2 is 1.80 bits per heavy atom. The van der Waals surface area contributed by atoms with Crippen molar-refractivity contribution in [3.63, 3.8) is 0 Å². The third-order valence-electron chi connectivity index (χ3n) is 4.60. The molecule has 20 heavy (non-hydrogen) atoms. The Kier molecular flexibility index (Phi) is 3.68. The van der Waals surface area contributed by atoms with E-state index in [-0.39, 0.29) is 12.1 Å². The first-order valence-corrected chi connectivity index (χ1v) is 7.22. The van der Waals surface area contributed by atoms with Crippen molar-refractivity contribution in [1.82, 2.24) is 5.32 Å². The highest BCUT2D eigenvalue weighted by Crippen LogP contribution is 2.42. The monoisotopic (exact) mass is 273 g/mol. The predicted molar refractivity (Wildman–Crippen MR) is 74.1 cm³/mol. The minimum atomic E-state index is -0.499. The fourth-order valence-electron chi connectivity index (χ4n) is 3.54. The molecule has 2 aliphatic rings. The number of benzene rings is 1. The molecule has 0 amide bonds. The zero-order valence-corrected chi connectivity index (χ0v) is 11.3. The molecule has 1 heterocycles. The second-order valence-electron chi connectivity index (χ2n) is 5.80. The van der Waals surface area contributed by atoms with Gasteiger partial charge in [0.15, 0.2) is 6.29 Å². The Bertz CT molecular complexity index is 520. The van der Waals surface area contributed by atoms with E-state index < -0.39 is 11.8 Å². The molecular formula is C16H19NO3. The summed E-state index contributed by atoms with van der Waals surface area (Å²) < 4.78 is 0. The van der Waals surface area contributed by atoms with Crippen molar-refractivity contribution in [3.8, 4) is 0 Å². The van der Waals surface area contributed by atoms with Crippen LogP contribution in [-0.2, 0) is 9.59 Å². The van der Waals surface area contributed by atoms with Gasteiger partial charge in [-0.25, -0.2) is 0 Å². The molecule has 3 rings (SSSR count). The van der Waals surface area contributed by atoms with Crippen LogP contribution in [0.4, 0.5) is 0 Å². The first-order valence-electron chi connectivity index (χ1n) is 7.22. The highest BCUT2D eigenvalue weighted by Gasteiger charge is 2.38. The molecule has 4 heteroatoms. The molecule has 0 aromatic heterocycles. The number of rotatable bonds is 3. The second-order valence-corrected chi connectivity index (χ2v) is 5.80. The number of aldehydes is 1. The summed E-state index contributed by atoms with van der Waals surface area (Å²) >= 11 is 0. The summed E-state index contributed by atoms with van der Waals surface area (Å²) in [5.41, 5.74) is 2.06. The van der Waals surface area contributed by atoms with E-state index in [4.69, 9.17) is 0 Å². The Labute approximate surface area is 118 Å². The van der Waals surface area contributed by atoms with E-state index in [2.05, 4.69) is 5.32 Å². The molecule has 2 unspecified atom stereocenters. The van der Waals surface area contributed by atoms with Crippen molar-refractivity contribution in [2.24, 2.45) is 5.92 Å². The van der Waals surface area contributed by atoms with E-state index in [0.29, 0.717) is 12.2 Å². The zero-order valence-electron chi connectivity index (χ0n) is 11.3. The van der Waals surface area contributed by atoms with Crippen LogP contribution in [0, 0.1) is 5.92 Å². The molecule has 1 saturated carbocycles. The Balaban J connectivity index is 1.87. The Morgan fingerprint density at radius 1 is 1.15 bits per heavy atom. The van der Waals surface area contributed by atoms with Crippen molar-refractivity contribution in [1.29, 1.82) is 0 Å². The number of aliphatic hydroxyl groups excluding tert-OH is 1. The van der Waals surface area contributed by atoms with Gasteiger partial charge in [0.2, 0.25) is 5.78 Å². The normalized spacial score (nSPS) is 32.6. The second kappa shape index (κ2) is 5.46. The SMILES string of the molecule is O=CC(=O)C1NC(C2CCC(O)CC2)c2ccccc21. The summed E-state index contributed by atoms with van der Waals surface area (Å²) in [5, 5.41) is 13.0. The smallest absolute Gasteiger partial charge is 0.216 e. The highest BCUT2D eigenvalue weighted by molar-refractivity contribution is 6.27. The van der Waals surface area contributed by atoms with E-state index in [0.717, 1.165) is 36.8 Å². The van der Waals surface area contributed by atoms with Gasteiger partial charge in [0, 0.05) is 6.04 Å². The number of carbonyl (C=O) groups excluding carboxylic acids is 2. The van der Waals surface area contributed by atoms with Crippen molar-refractivity contribution in [3.05, 3.63) is 35.4 Å². The lowest BCUT2D eigenvalue weighted by Gasteiger charge is -2.31. The van der Waals surface area contributed by atoms with Gasteiger partial charge in [0.1, 0.15) is 6.04 Å². The van der Waals surface area contributed by atoms with Crippen LogP contribution in [0.1, 0.15) is 48.9 Å². The van der Waals surface area contributed by atoms with Crippen LogP contribution < -0.4 is 5.32 Å². The molecule has 1 aliphatic heterocycles. The van der Waals surface area contributed by atoms with E-state index in [1.165, 1.54) is 0 Å². The third kappa shape index (κ3) is 2.30. The van der Waals surface area contributed by atoms with Crippen LogP contribution >= 0.6 is 0 Å². The number of fused-ring (bicyclic) bond motifs is 1. The van der Waals surface area contributed by atoms with Crippen molar-refractivity contribution >= 4 is 12.1 Å². The molecule has 106 valence electrons. The number of carbonyl (C=O) groups is 2. The fraction of sp³-hybridized carbons (Fsp3) is 0.500. The maximum absolute atomic E-state index is 11.8. The Hall–Kier alpha value is -1.52. The van der Waals surface area contributed by atoms with Crippen molar-refractivity contribution in [2.45, 2.75) is 43.9 Å². The molecule has 0 bridgehead atoms. The zero-order chi connectivity index (χ0) is 14.1. The molecule has 0 radical (unpaired) electrons. The molecule has 1 aliphatic carbocycles. The summed E-state index contributed by atoms with van der Waals surface area (Å²) in [4.78, 5) is 22.6. The van der Waals surface area contributed by atoms with Gasteiger partial charge in [0.25, 0.3) is 0 Å². The van der Waals surface area contributed by atoms with Gasteiger partial charge in [-0.05, 0) is 42.7 Å². The van der Waals surface area contributed by atoms with Gasteiger partial charge in [-0.1, -0.05) is 24.3 Å². The molecule has 1 fully saturated rings. The number of hydrogen-bond donors (Lipinski definition) is 2. The lowest BCUT2D eigenvalue weighted by Crippen LogP contribution is -2.32. The molecule has 2 N–H and O–H groups in total. The topological polar surface area (TPSA) is 66.4 Å². The Morgan fingerprint density at radius 3 is 2.45 bits per heavy atom. The van der Waals surface area contributed by atoms with E-state index in [1.54, 1.807) is 0 Å². The van der Waals surface area contributed by atoms with E-state index in [1.807, 2.05) is 24.3 Å². The summed E-state index contributed by atoms with van der Waals surface area (Å²) in [5.74, 6) is 0.0137. The highest BCUT2D eigenvalue weighted by atomic mass is 16.3. The van der Waals surface area contributed by atoms with Crippen molar-refractivity contribution < 1.29 is 14.7 Å². The summed E-state index contributed by atoms with van der Waals surface area (Å²) in [6.45, 7) is 0. The molecule has 4 nitrogen and oxygen atoms in total. The predicted octanol–water partition coefficient (Wildman–Crippen LogP) is 1.69. The minimum Gasteiger partial charge on any atom is -0.393 e. The quantitative estimate of drug-likeness (QED) is 0.649. The maximum atomic E-state index is 11.8. The van der Waals surface area contributed by atoms with Gasteiger partial charge < -0.3 is 5.11 Å². The molecule has 0 spiro atoms. The first kappa shape index (κ1) is 13.5. The van der Waals surface area contributed by atoms with Gasteiger partial charge in [0.05, 0.1) is 6.10 Å². The molecule has 2 atom stereocenters. The summed E-state index contributed by atoms with van der Waals surface area (Å²) in [7, 11) is 0. The molecule has 0 saturated heterocycles. The summed E-state index contributed by atoms with van der Waals surface area (Å²) in [6.07, 6.45) is 3.76. The third-order valence-corrected chi connectivity index (χ3v) is 4.60. The number of nitrogens with one attached hydrogen (secondary N) is 1. The van der Waals surface area contributed by atoms with Crippen LogP contribution in [0.5, 0.6) is 0 Å². The van der Waals surface area contributed by atoms with Crippen molar-refractivity contribution in [2.75, 3.05) is 0 Å². The van der Waals surface area contributed by atoms with Crippen LogP contribution in [0.25, 0.3) is 0 Å². The number of aliphatic hydroxyl groups is 1. The van der Waals surface area contributed by atoms with Crippen LogP contribution in [0.3, 0.4) is 0 Å². The molecule has 1 aromatic carbocycles. The largest absolute Gasteiger partial charge is 0.393 e. The fourth-order valence-corrected chi connectivity index (χ4v) is 3.54. The number of Topliss-reactive ketones (excluding diaryl/α,β-unsaturated/α-hetero) is 1. The average molecular weight is 273 g/mol. The first-order chi connectivity index (χ1) is 9.70. The van der Waals surface area contributed by atoms with E-state index >= 15 is 0 Å². The van der Waals surface area contributed by atoms with E-state index in [9.17, 15) is 14.7 Å². The minimum absolute atomic E-state index is 0.118. The lowest BCUT2D eigenvalue weighted by atomic mass is 9.80. The molecular weight excluding hydrogens is 254 g/mol. The maximum Gasteiger partial charge on any atom is 0.216 e. The standard InChI is InChI=1S/C16H19NO3/c18-9-14(20)16-13-4-2-1-3-12(13)15(17-16)10-5-7-11(19)8-6-10/h1-4,9-11,15-17,19H,5-8H2. The van der Waals surface area contributed by atoms with Gasteiger partial charge in [-0.15, -0.1) is 0 Å². The van der Waals surface area contributed by atoms with Gasteiger partial charge >= 0.3 is 0 Å². The number of ketones is 1. The van der Waals surface area contributed by atoms with Gasteiger partial charge in [-0.2, -0.15) is 0 Å². The number of hydrogen-bond acceptors (Lipinski definition) is 4. The average Bonchev–Trinajstić information content (AvgIpc) is 2.87. The summed E-state index contributed by atoms with van der Waals surface area (Å²) in [6, 6.07) is 7.45. The molecule has 1 aromatic rings. The van der Waals surface area contributed by atoms with Crippen LogP contribution in [0.2, 0.25) is 0 Å².